The van der Waals surface area contributed by atoms with Gasteiger partial charge in [-0.2, -0.15) is 13.2 Å². The van der Waals surface area contributed by atoms with Crippen molar-refractivity contribution in [3.63, 3.8) is 0 Å². The van der Waals surface area contributed by atoms with Gasteiger partial charge in [0, 0.05) is 19.7 Å². The molecule has 0 heterocycles. The number of Topliss-reactive ketones (excluding diaryl/α,β-unsaturated/α-hetero) is 1. The molecule has 0 aliphatic heterocycles. The van der Waals surface area contributed by atoms with Gasteiger partial charge >= 0.3 is 24.8 Å². The third-order valence-electron chi connectivity index (χ3n) is 3.79. The van der Waals surface area contributed by atoms with E-state index in [0.29, 0.717) is 16.9 Å². The zero-order valence-corrected chi connectivity index (χ0v) is 15.1. The first-order valence-corrected chi connectivity index (χ1v) is 9.18. The van der Waals surface area contributed by atoms with E-state index in [1.807, 2.05) is 12.1 Å². The molecule has 0 amide bonds. The number of halogens is 3. The summed E-state index contributed by atoms with van der Waals surface area (Å²) >= 11 is 0. The third kappa shape index (κ3) is 6.24. The van der Waals surface area contributed by atoms with E-state index >= 15 is 0 Å². The molecule has 140 valence electrons. The van der Waals surface area contributed by atoms with Crippen molar-refractivity contribution >= 4 is 38.5 Å². The van der Waals surface area contributed by atoms with Crippen LogP contribution in [-0.4, -0.2) is 30.6 Å². The number of hydrogen-bond acceptors (Lipinski definition) is 2. The molecule has 0 N–H and O–H groups in total. The molecule has 28 heavy (non-hydrogen) atoms. The van der Waals surface area contributed by atoms with E-state index in [1.165, 1.54) is 24.3 Å². The number of rotatable bonds is 6. The number of benzene rings is 3. The minimum atomic E-state index is -4.24. The van der Waals surface area contributed by atoms with Crippen LogP contribution < -0.4 is 10.0 Å². The van der Waals surface area contributed by atoms with Gasteiger partial charge in [-0.05, 0) is 17.4 Å². The van der Waals surface area contributed by atoms with Crippen molar-refractivity contribution in [3.05, 3.63) is 96.1 Å². The number of ether oxygens (including phenoxy) is 1. The molecule has 0 aliphatic rings. The molecule has 0 fully saturated rings. The Bertz CT molecular complexity index is 885. The molecule has 3 aromatic rings. The number of hydrogen-bond donors (Lipinski definition) is 0. The summed E-state index contributed by atoms with van der Waals surface area (Å²) in [7, 11) is -1.27. The predicted octanol–water partition coefficient (Wildman–Crippen LogP) is 4.86. The second-order valence-corrected chi connectivity index (χ2v) is 7.18. The number of ketones is 1. The quantitative estimate of drug-likeness (QED) is 0.338. The maximum absolute atomic E-state index is 12.9. The molecule has 7 heteroatoms. The van der Waals surface area contributed by atoms with Crippen molar-refractivity contribution in [1.29, 1.82) is 0 Å². The summed E-state index contributed by atoms with van der Waals surface area (Å²) in [6.45, 7) is 0. The van der Waals surface area contributed by atoms with Crippen molar-refractivity contribution in [2.24, 2.45) is 0 Å². The second-order valence-electron chi connectivity index (χ2n) is 5.79. The summed E-state index contributed by atoms with van der Waals surface area (Å²) in [6.07, 6.45) is -0.885. The minimum absolute atomic E-state index is 0. The average Bonchev–Trinajstić information content (AvgIpc) is 2.67. The Morgan fingerprint density at radius 3 is 1.89 bits per heavy atom. The van der Waals surface area contributed by atoms with Gasteiger partial charge in [-0.25, -0.2) is 0 Å². The Labute approximate surface area is 175 Å². The van der Waals surface area contributed by atoms with E-state index in [1.54, 1.807) is 48.5 Å². The third-order valence-corrected chi connectivity index (χ3v) is 4.70. The van der Waals surface area contributed by atoms with Crippen LogP contribution in [0, 0.1) is 0 Å². The van der Waals surface area contributed by atoms with Crippen LogP contribution in [0.15, 0.2) is 84.9 Å². The molecule has 0 radical (unpaired) electrons. The van der Waals surface area contributed by atoms with E-state index in [2.05, 4.69) is 0 Å². The van der Waals surface area contributed by atoms with Gasteiger partial charge in [0.1, 0.15) is 5.75 Å². The van der Waals surface area contributed by atoms with Crippen molar-refractivity contribution in [3.8, 4) is 5.75 Å². The second kappa shape index (κ2) is 9.94. The summed E-state index contributed by atoms with van der Waals surface area (Å²) in [5, 5.41) is 0.167. The van der Waals surface area contributed by atoms with Crippen LogP contribution in [0.3, 0.4) is 0 Å². The zero-order valence-electron chi connectivity index (χ0n) is 14.1. The molecule has 0 spiro atoms. The molecular weight excluding hydrogens is 379 g/mol. The van der Waals surface area contributed by atoms with E-state index in [-0.39, 0.29) is 29.9 Å². The van der Waals surface area contributed by atoms with Crippen LogP contribution in [0.1, 0.15) is 22.0 Å². The SMILES string of the molecule is O=C(c1ccccc1)C(Oc1ccc(PC(F)(F)F)cc1)c1ccccc1.[LiH]. The van der Waals surface area contributed by atoms with E-state index in [9.17, 15) is 18.0 Å². The summed E-state index contributed by atoms with van der Waals surface area (Å²) in [4.78, 5) is 12.9. The molecule has 0 aromatic heterocycles. The monoisotopic (exact) mass is 396 g/mol. The van der Waals surface area contributed by atoms with Crippen LogP contribution >= 0.6 is 8.58 Å². The van der Waals surface area contributed by atoms with E-state index < -0.39 is 20.6 Å². The van der Waals surface area contributed by atoms with Crippen molar-refractivity contribution in [1.82, 2.24) is 0 Å². The molecule has 0 saturated carbocycles. The molecular formula is C21H17F3LiO2P. The Morgan fingerprint density at radius 2 is 1.36 bits per heavy atom. The van der Waals surface area contributed by atoms with Gasteiger partial charge in [0.2, 0.25) is 5.78 Å². The van der Waals surface area contributed by atoms with Gasteiger partial charge in [0.15, 0.2) is 6.10 Å². The van der Waals surface area contributed by atoms with Crippen molar-refractivity contribution in [2.45, 2.75) is 12.0 Å². The summed E-state index contributed by atoms with van der Waals surface area (Å²) in [5.74, 6) is -4.12. The predicted molar refractivity (Wildman–Crippen MR) is 108 cm³/mol. The molecule has 0 saturated heterocycles. The van der Waals surface area contributed by atoms with Crippen LogP contribution in [0.4, 0.5) is 13.2 Å². The topological polar surface area (TPSA) is 26.3 Å². The van der Waals surface area contributed by atoms with E-state index in [4.69, 9.17) is 4.74 Å². The first-order valence-electron chi connectivity index (χ1n) is 8.18. The first-order chi connectivity index (χ1) is 12.9. The Morgan fingerprint density at radius 1 is 0.821 bits per heavy atom. The fourth-order valence-corrected chi connectivity index (χ4v) is 3.23. The Hall–Kier alpha value is -2.05. The zero-order chi connectivity index (χ0) is 19.3. The molecule has 2 atom stereocenters. The maximum atomic E-state index is 12.9. The number of carbonyl (C=O) groups is 1. The van der Waals surface area contributed by atoms with E-state index in [0.717, 1.165) is 0 Å². The average molecular weight is 396 g/mol. The van der Waals surface area contributed by atoms with Gasteiger partial charge < -0.3 is 4.74 Å². The Balaban J connectivity index is 0.00000280. The number of carbonyl (C=O) groups excluding carboxylic acids is 1. The molecule has 0 bridgehead atoms. The molecule has 3 rings (SSSR count). The van der Waals surface area contributed by atoms with Crippen LogP contribution in [-0.2, 0) is 0 Å². The van der Waals surface area contributed by atoms with Crippen molar-refractivity contribution in [2.75, 3.05) is 0 Å². The summed E-state index contributed by atoms with van der Waals surface area (Å²) < 4.78 is 43.4. The number of alkyl halides is 3. The van der Waals surface area contributed by atoms with Gasteiger partial charge in [-0.15, -0.1) is 0 Å². The van der Waals surface area contributed by atoms with Crippen LogP contribution in [0.2, 0.25) is 0 Å². The standard InChI is InChI=1S/C21H16F3O2P.Li.H/c22-21(23,24)27-18-13-11-17(12-14-18)26-20(16-9-5-2-6-10-16)19(25)15-7-3-1-4-8-15;;/h1-14,20,27H;;. The van der Waals surface area contributed by atoms with Crippen LogP contribution in [0.25, 0.3) is 0 Å². The first kappa shape index (κ1) is 22.2. The van der Waals surface area contributed by atoms with Gasteiger partial charge in [-0.3, -0.25) is 4.79 Å². The summed E-state index contributed by atoms with van der Waals surface area (Å²) in [5.41, 5.74) is 1.18. The fourth-order valence-electron chi connectivity index (χ4n) is 2.57. The molecule has 2 unspecified atom stereocenters. The Kier molecular flexibility index (Phi) is 7.89. The molecule has 2 nitrogen and oxygen atoms in total. The van der Waals surface area contributed by atoms with Gasteiger partial charge in [-0.1, -0.05) is 72.8 Å². The molecule has 3 aromatic carbocycles. The van der Waals surface area contributed by atoms with Gasteiger partial charge in [0.25, 0.3) is 0 Å². The van der Waals surface area contributed by atoms with Crippen molar-refractivity contribution < 1.29 is 22.7 Å². The molecule has 0 aliphatic carbocycles. The van der Waals surface area contributed by atoms with Crippen LogP contribution in [0.5, 0.6) is 5.75 Å². The summed E-state index contributed by atoms with van der Waals surface area (Å²) in [6, 6.07) is 23.4. The fraction of sp³-hybridized carbons (Fsp3) is 0.0952. The van der Waals surface area contributed by atoms with Gasteiger partial charge in [0.05, 0.1) is 0 Å². The normalized spacial score (nSPS) is 12.4.